The molecule has 35 heavy (non-hydrogen) atoms. The summed E-state index contributed by atoms with van der Waals surface area (Å²) in [6.07, 6.45) is 8.47. The van der Waals surface area contributed by atoms with E-state index in [0.29, 0.717) is 10.7 Å². The third kappa shape index (κ3) is 7.21. The zero-order valence-electron chi connectivity index (χ0n) is 20.0. The number of ether oxygens (including phenoxy) is 1. The van der Waals surface area contributed by atoms with Crippen molar-refractivity contribution < 1.29 is 17.5 Å². The third-order valence-electron chi connectivity index (χ3n) is 4.97. The van der Waals surface area contributed by atoms with E-state index in [9.17, 15) is 12.8 Å². The summed E-state index contributed by atoms with van der Waals surface area (Å²) >= 11 is 7.67. The quantitative estimate of drug-likeness (QED) is 0.329. The van der Waals surface area contributed by atoms with Gasteiger partial charge in [0.15, 0.2) is 9.84 Å². The van der Waals surface area contributed by atoms with E-state index in [0.717, 1.165) is 26.6 Å². The van der Waals surface area contributed by atoms with Crippen LogP contribution in [0.2, 0.25) is 0 Å². The second-order valence-electron chi connectivity index (χ2n) is 7.66. The van der Waals surface area contributed by atoms with E-state index in [-0.39, 0.29) is 23.4 Å². The van der Waals surface area contributed by atoms with Gasteiger partial charge in [-0.25, -0.2) is 17.8 Å². The molecule has 0 N–H and O–H groups in total. The maximum atomic E-state index is 13.5. The number of thiazole rings is 1. The van der Waals surface area contributed by atoms with E-state index in [1.807, 2.05) is 45.1 Å². The number of halogens is 2. The standard InChI is InChI=1S/C25H21ClFNO3S2.C2H6/c1-16-3-10-21(14-19(26)13-16)31-15-23-28-24(17-4-8-20(27)9-5-17)25(32-23)18-6-11-22(12-7-18)33(2,29)30;1-2/h3-14,21H,15H2,1-2H3;1-2H3. The van der Waals surface area contributed by atoms with Gasteiger partial charge in [0, 0.05) is 16.9 Å². The smallest absolute Gasteiger partial charge is 0.175 e. The van der Waals surface area contributed by atoms with Crippen LogP contribution in [0.4, 0.5) is 4.39 Å². The molecule has 1 aromatic heterocycles. The van der Waals surface area contributed by atoms with Crippen LogP contribution >= 0.6 is 22.9 Å². The Morgan fingerprint density at radius 1 is 1.06 bits per heavy atom. The zero-order valence-corrected chi connectivity index (χ0v) is 22.3. The Hall–Kier alpha value is -2.58. The number of hydrogen-bond acceptors (Lipinski definition) is 5. The summed E-state index contributed by atoms with van der Waals surface area (Å²) in [5.41, 5.74) is 3.31. The van der Waals surface area contributed by atoms with Crippen molar-refractivity contribution in [3.05, 3.63) is 94.3 Å². The van der Waals surface area contributed by atoms with E-state index in [1.165, 1.54) is 29.7 Å². The summed E-state index contributed by atoms with van der Waals surface area (Å²) < 4.78 is 43.1. The van der Waals surface area contributed by atoms with Gasteiger partial charge in [-0.2, -0.15) is 0 Å². The Bertz CT molecular complexity index is 1360. The average Bonchev–Trinajstić information content (AvgIpc) is 3.18. The highest BCUT2D eigenvalue weighted by molar-refractivity contribution is 7.90. The van der Waals surface area contributed by atoms with E-state index in [4.69, 9.17) is 21.3 Å². The first-order valence-corrected chi connectivity index (χ1v) is 14.2. The molecule has 4 rings (SSSR count). The Morgan fingerprint density at radius 3 is 2.31 bits per heavy atom. The van der Waals surface area contributed by atoms with Crippen LogP contribution in [0.15, 0.2) is 88.3 Å². The number of aromatic nitrogens is 1. The fourth-order valence-electron chi connectivity index (χ4n) is 3.32. The zero-order chi connectivity index (χ0) is 25.6. The molecule has 2 aromatic carbocycles. The first-order valence-electron chi connectivity index (χ1n) is 11.1. The molecule has 0 spiro atoms. The van der Waals surface area contributed by atoms with Crippen LogP contribution < -0.4 is 0 Å². The summed E-state index contributed by atoms with van der Waals surface area (Å²) in [5.74, 6) is -0.329. The molecule has 0 bridgehead atoms. The van der Waals surface area contributed by atoms with Gasteiger partial charge in [-0.05, 0) is 66.6 Å². The molecule has 4 nitrogen and oxygen atoms in total. The van der Waals surface area contributed by atoms with Crippen molar-refractivity contribution in [2.45, 2.75) is 38.4 Å². The molecule has 0 fully saturated rings. The normalized spacial score (nSPS) is 15.5. The Morgan fingerprint density at radius 2 is 1.69 bits per heavy atom. The first kappa shape index (κ1) is 27.0. The summed E-state index contributed by atoms with van der Waals surface area (Å²) in [4.78, 5) is 5.86. The molecule has 3 aromatic rings. The monoisotopic (exact) mass is 531 g/mol. The van der Waals surface area contributed by atoms with Crippen molar-refractivity contribution in [1.29, 1.82) is 0 Å². The molecular weight excluding hydrogens is 505 g/mol. The molecular formula is C27H27ClFNO3S2. The minimum atomic E-state index is -3.30. The lowest BCUT2D eigenvalue weighted by molar-refractivity contribution is 0.101. The number of hydrogen-bond donors (Lipinski definition) is 0. The van der Waals surface area contributed by atoms with Gasteiger partial charge in [0.1, 0.15) is 10.8 Å². The van der Waals surface area contributed by atoms with Gasteiger partial charge in [-0.3, -0.25) is 0 Å². The van der Waals surface area contributed by atoms with Gasteiger partial charge in [-0.1, -0.05) is 49.7 Å². The predicted molar refractivity (Wildman–Crippen MR) is 143 cm³/mol. The molecule has 1 aliphatic rings. The van der Waals surface area contributed by atoms with Crippen LogP contribution in [0.5, 0.6) is 0 Å². The second-order valence-corrected chi connectivity index (χ2v) is 11.2. The minimum absolute atomic E-state index is 0.246. The lowest BCUT2D eigenvalue weighted by Crippen LogP contribution is -2.06. The van der Waals surface area contributed by atoms with Gasteiger partial charge in [-0.15, -0.1) is 11.3 Å². The van der Waals surface area contributed by atoms with Crippen LogP contribution in [0, 0.1) is 5.82 Å². The van der Waals surface area contributed by atoms with Gasteiger partial charge in [0.2, 0.25) is 0 Å². The summed E-state index contributed by atoms with van der Waals surface area (Å²) in [6, 6.07) is 12.8. The van der Waals surface area contributed by atoms with Gasteiger partial charge in [0.25, 0.3) is 0 Å². The van der Waals surface area contributed by atoms with Gasteiger partial charge in [0.05, 0.1) is 28.2 Å². The fraction of sp³-hybridized carbons (Fsp3) is 0.222. The van der Waals surface area contributed by atoms with Crippen molar-refractivity contribution in [3.8, 4) is 21.7 Å². The van der Waals surface area contributed by atoms with Crippen LogP contribution in [0.3, 0.4) is 0 Å². The van der Waals surface area contributed by atoms with Crippen molar-refractivity contribution in [1.82, 2.24) is 4.98 Å². The molecule has 184 valence electrons. The number of allylic oxidation sites excluding steroid dienone is 4. The number of benzene rings is 2. The summed E-state index contributed by atoms with van der Waals surface area (Å²) in [7, 11) is -3.30. The van der Waals surface area contributed by atoms with Crippen LogP contribution in [-0.2, 0) is 21.2 Å². The van der Waals surface area contributed by atoms with Crippen molar-refractivity contribution >= 4 is 32.8 Å². The SMILES string of the molecule is CC.CC1=CC(Cl)=CC(OCc2nc(-c3ccc(F)cc3)c(-c3ccc(S(C)(=O)=O)cc3)s2)C=C1. The molecule has 0 saturated heterocycles. The lowest BCUT2D eigenvalue weighted by atomic mass is 10.1. The van der Waals surface area contributed by atoms with Crippen molar-refractivity contribution in [3.63, 3.8) is 0 Å². The molecule has 0 amide bonds. The molecule has 0 aliphatic heterocycles. The molecule has 8 heteroatoms. The predicted octanol–water partition coefficient (Wildman–Crippen LogP) is 7.57. The maximum absolute atomic E-state index is 13.5. The highest BCUT2D eigenvalue weighted by Gasteiger charge is 2.17. The summed E-state index contributed by atoms with van der Waals surface area (Å²) in [6.45, 7) is 6.22. The van der Waals surface area contributed by atoms with Gasteiger partial charge >= 0.3 is 0 Å². The highest BCUT2D eigenvalue weighted by atomic mass is 35.5. The largest absolute Gasteiger partial charge is 0.363 e. The number of nitrogens with zero attached hydrogens (tertiary/aromatic N) is 1. The topological polar surface area (TPSA) is 56.3 Å². The van der Waals surface area contributed by atoms with Crippen molar-refractivity contribution in [2.24, 2.45) is 0 Å². The summed E-state index contributed by atoms with van der Waals surface area (Å²) in [5, 5.41) is 1.35. The average molecular weight is 532 g/mol. The Kier molecular flexibility index (Phi) is 9.19. The number of rotatable bonds is 6. The van der Waals surface area contributed by atoms with E-state index < -0.39 is 9.84 Å². The Balaban J connectivity index is 0.00000167. The first-order chi connectivity index (χ1) is 16.7. The molecule has 1 aliphatic carbocycles. The van der Waals surface area contributed by atoms with E-state index >= 15 is 0 Å². The molecule has 1 heterocycles. The lowest BCUT2D eigenvalue weighted by Gasteiger charge is -2.08. The number of sulfone groups is 1. The van der Waals surface area contributed by atoms with Crippen LogP contribution in [-0.4, -0.2) is 25.8 Å². The minimum Gasteiger partial charge on any atom is -0.363 e. The van der Waals surface area contributed by atoms with E-state index in [2.05, 4.69) is 0 Å². The highest BCUT2D eigenvalue weighted by Crippen LogP contribution is 2.37. The molecule has 1 atom stereocenters. The van der Waals surface area contributed by atoms with Gasteiger partial charge < -0.3 is 4.74 Å². The Labute approximate surface area is 215 Å². The maximum Gasteiger partial charge on any atom is 0.175 e. The van der Waals surface area contributed by atoms with E-state index in [1.54, 1.807) is 36.4 Å². The van der Waals surface area contributed by atoms with Crippen LogP contribution in [0.25, 0.3) is 21.7 Å². The van der Waals surface area contributed by atoms with Crippen LogP contribution in [0.1, 0.15) is 25.8 Å². The third-order valence-corrected chi connectivity index (χ3v) is 7.41. The molecule has 1 unspecified atom stereocenters. The second kappa shape index (κ2) is 11.9. The molecule has 0 radical (unpaired) electrons. The fourth-order valence-corrected chi connectivity index (χ4v) is 5.26. The van der Waals surface area contributed by atoms with Crippen molar-refractivity contribution in [2.75, 3.05) is 6.26 Å². The molecule has 0 saturated carbocycles.